The van der Waals surface area contributed by atoms with E-state index in [1.807, 2.05) is 0 Å². The molecule has 0 aliphatic rings. The maximum absolute atomic E-state index is 7.57. The van der Waals surface area contributed by atoms with Gasteiger partial charge in [-0.15, -0.1) is 0 Å². The van der Waals surface area contributed by atoms with Gasteiger partial charge in [0.25, 0.3) is 0 Å². The molecule has 64 heavy (non-hydrogen) atoms. The lowest BCUT2D eigenvalue weighted by molar-refractivity contribution is 0.258. The third-order valence-electron chi connectivity index (χ3n) is 10.2. The number of hydrogen-bond acceptors (Lipinski definition) is 3. The van der Waals surface area contributed by atoms with Gasteiger partial charge in [0.15, 0.2) is 0 Å². The van der Waals surface area contributed by atoms with Crippen LogP contribution in [0.5, 0.6) is 0 Å². The van der Waals surface area contributed by atoms with Gasteiger partial charge in [0.1, 0.15) is 0 Å². The van der Waals surface area contributed by atoms with Gasteiger partial charge in [0.05, 0.1) is 8.15 Å². The Bertz CT molecular complexity index is 2150. The molecular formula is C56H70NO2P5. The molecule has 3 unspecified atom stereocenters. The molecule has 0 radical (unpaired) electrons. The average molecular weight is 944 g/mol. The van der Waals surface area contributed by atoms with Crippen molar-refractivity contribution in [3.63, 3.8) is 0 Å². The lowest BCUT2D eigenvalue weighted by atomic mass is 10.1. The Morgan fingerprint density at radius 2 is 0.781 bits per heavy atom. The van der Waals surface area contributed by atoms with E-state index in [0.717, 1.165) is 25.5 Å². The van der Waals surface area contributed by atoms with Crippen molar-refractivity contribution < 1.29 is 9.63 Å². The molecule has 3 nitrogen and oxygen atoms in total. The minimum absolute atomic E-state index is 0. The number of nitrogens with zero attached hydrogens (tertiary/aromatic N) is 1. The number of hydrogen-bond donors (Lipinski definition) is 1. The van der Waals surface area contributed by atoms with Crippen LogP contribution < -0.4 is 31.8 Å². The lowest BCUT2D eigenvalue weighted by Crippen LogP contribution is -2.40. The fraction of sp³-hybridized carbons (Fsp3) is 0.250. The summed E-state index contributed by atoms with van der Waals surface area (Å²) in [7, 11) is -1.81. The van der Waals surface area contributed by atoms with Gasteiger partial charge in [-0.25, -0.2) is 0 Å². The van der Waals surface area contributed by atoms with Crippen molar-refractivity contribution in [2.24, 2.45) is 0 Å². The second-order valence-electron chi connectivity index (χ2n) is 16.0. The molecule has 0 aromatic heterocycles. The summed E-state index contributed by atoms with van der Waals surface area (Å²) in [5, 5.41) is 16.2. The fourth-order valence-electron chi connectivity index (χ4n) is 7.19. The highest BCUT2D eigenvalue weighted by Crippen LogP contribution is 2.48. The Hall–Kier alpha value is -3.43. The molecule has 0 bridgehead atoms. The first-order valence-corrected chi connectivity index (χ1v) is 28.2. The molecule has 0 spiro atoms. The molecule has 336 valence electrons. The second kappa shape index (κ2) is 29.3. The summed E-state index contributed by atoms with van der Waals surface area (Å²) in [5.41, 5.74) is 2.77. The van der Waals surface area contributed by atoms with Crippen LogP contribution in [0, 0.1) is 6.92 Å². The predicted molar refractivity (Wildman–Crippen MR) is 296 cm³/mol. The van der Waals surface area contributed by atoms with E-state index >= 15 is 0 Å². The van der Waals surface area contributed by atoms with Crippen molar-refractivity contribution in [2.75, 3.05) is 37.9 Å². The van der Waals surface area contributed by atoms with Gasteiger partial charge in [-0.2, -0.15) is 9.90 Å². The van der Waals surface area contributed by atoms with E-state index in [9.17, 15) is 0 Å². The van der Waals surface area contributed by atoms with Crippen LogP contribution in [0.25, 0.3) is 0 Å². The first-order valence-electron chi connectivity index (χ1n) is 22.2. The van der Waals surface area contributed by atoms with E-state index < -0.39 is 24.1 Å². The summed E-state index contributed by atoms with van der Waals surface area (Å²) in [5.74, 6) is 0. The first kappa shape index (κ1) is 53.2. The molecule has 8 heteroatoms. The zero-order valence-electron chi connectivity index (χ0n) is 38.9. The topological polar surface area (TPSA) is 32.7 Å². The van der Waals surface area contributed by atoms with E-state index in [-0.39, 0.29) is 30.0 Å². The van der Waals surface area contributed by atoms with Gasteiger partial charge in [-0.3, -0.25) is 4.67 Å². The summed E-state index contributed by atoms with van der Waals surface area (Å²) in [4.78, 5) is 0. The van der Waals surface area contributed by atoms with Crippen LogP contribution in [-0.2, 0) is 11.1 Å². The number of aliphatic hydroxyl groups excluding tert-OH is 1. The lowest BCUT2D eigenvalue weighted by Gasteiger charge is -2.42. The van der Waals surface area contributed by atoms with Crippen LogP contribution in [0.3, 0.4) is 0 Å². The minimum Gasteiger partial charge on any atom is -0.397 e. The second-order valence-corrected chi connectivity index (χ2v) is 24.9. The largest absolute Gasteiger partial charge is 0.397 e. The summed E-state index contributed by atoms with van der Waals surface area (Å²) < 4.78 is 8.90. The Balaban J connectivity index is 0.000000273. The normalized spacial score (nSPS) is 12.0. The summed E-state index contributed by atoms with van der Waals surface area (Å²) in [6, 6.07) is 75.1. The molecule has 7 rings (SSSR count). The van der Waals surface area contributed by atoms with Crippen LogP contribution in [0.2, 0.25) is 0 Å². The SMILES string of the molecule is CCO.CCOP(CCP(c1ccccc1)c1ccccc1)c1ccccc1.Cc1ccc(CN(P(CCP(c2ccccc2)c2ccccc2)c2ccccc2)C(C)(C)C)cc1.P. The third kappa shape index (κ3) is 17.4. The highest BCUT2D eigenvalue weighted by atomic mass is 31.1. The molecule has 7 aromatic carbocycles. The van der Waals surface area contributed by atoms with Gasteiger partial charge >= 0.3 is 0 Å². The number of rotatable bonds is 17. The maximum atomic E-state index is 7.57. The smallest absolute Gasteiger partial charge is 0.0607 e. The van der Waals surface area contributed by atoms with E-state index in [4.69, 9.17) is 9.63 Å². The van der Waals surface area contributed by atoms with Crippen molar-refractivity contribution in [3.8, 4) is 0 Å². The zero-order valence-corrected chi connectivity index (χ0v) is 43.9. The fourth-order valence-corrected chi connectivity index (χ4v) is 17.7. The number of aryl methyl sites for hydroxylation is 1. The molecule has 0 saturated heterocycles. The van der Waals surface area contributed by atoms with Crippen LogP contribution in [0.15, 0.2) is 206 Å². The third-order valence-corrected chi connectivity index (χ3v) is 20.9. The highest BCUT2D eigenvalue weighted by molar-refractivity contribution is 7.74. The molecule has 0 aliphatic heterocycles. The number of aliphatic hydroxyl groups is 1. The summed E-state index contributed by atoms with van der Waals surface area (Å²) >= 11 is 0. The van der Waals surface area contributed by atoms with Crippen molar-refractivity contribution in [1.29, 1.82) is 0 Å². The first-order chi connectivity index (χ1) is 30.7. The zero-order chi connectivity index (χ0) is 44.7. The van der Waals surface area contributed by atoms with Gasteiger partial charge in [-0.1, -0.05) is 212 Å². The highest BCUT2D eigenvalue weighted by Gasteiger charge is 2.31. The molecule has 0 heterocycles. The van der Waals surface area contributed by atoms with Gasteiger partial charge in [0.2, 0.25) is 0 Å². The van der Waals surface area contributed by atoms with E-state index in [1.54, 1.807) is 6.92 Å². The predicted octanol–water partition coefficient (Wildman–Crippen LogP) is 12.4. The monoisotopic (exact) mass is 943 g/mol. The summed E-state index contributed by atoms with van der Waals surface area (Å²) in [6.07, 6.45) is 4.62. The van der Waals surface area contributed by atoms with Crippen molar-refractivity contribution in [1.82, 2.24) is 4.67 Å². The molecule has 0 fully saturated rings. The Kier molecular flexibility index (Phi) is 24.3. The molecule has 0 aliphatic carbocycles. The average Bonchev–Trinajstić information content (AvgIpc) is 3.32. The van der Waals surface area contributed by atoms with Crippen molar-refractivity contribution in [3.05, 3.63) is 217 Å². The molecule has 0 saturated carbocycles. The van der Waals surface area contributed by atoms with Crippen molar-refractivity contribution in [2.45, 2.75) is 53.6 Å². The standard InChI is InChI=1S/C32H37NP2.C22H24OP2.C2H6O.H3P/c1-27-20-22-28(23-21-27)26-33(32(2,3)4)35(31-18-12-7-13-19-31)25-24-34(29-14-8-5-9-15-29)30-16-10-6-11-17-30;1-2-23-25(22-16-10-5-11-17-22)19-18-24(20-12-6-3-7-13-20)21-14-8-4-9-15-21;1-2-3;/h5-23H,24-26H2,1-4H3;3-17H,2,18-19H2,1H3;3H,2H2,1H3;1H3. The van der Waals surface area contributed by atoms with Gasteiger partial charge in [-0.05, 0) is 116 Å². The van der Waals surface area contributed by atoms with E-state index in [0.29, 0.717) is 0 Å². The van der Waals surface area contributed by atoms with Gasteiger partial charge in [0, 0.05) is 36.8 Å². The Labute approximate surface area is 394 Å². The molecule has 3 atom stereocenters. The van der Waals surface area contributed by atoms with Gasteiger partial charge < -0.3 is 9.63 Å². The van der Waals surface area contributed by atoms with Crippen molar-refractivity contribution >= 4 is 73.8 Å². The number of benzene rings is 7. The summed E-state index contributed by atoms with van der Waals surface area (Å²) in [6.45, 7) is 15.0. The van der Waals surface area contributed by atoms with E-state index in [2.05, 4.69) is 246 Å². The quantitative estimate of drug-likeness (QED) is 0.0924. The van der Waals surface area contributed by atoms with Crippen LogP contribution in [-0.4, -0.2) is 53.2 Å². The molecule has 1 N–H and O–H groups in total. The molecule has 0 amide bonds. The van der Waals surface area contributed by atoms with E-state index in [1.165, 1.54) is 55.3 Å². The molecular weight excluding hydrogens is 873 g/mol. The van der Waals surface area contributed by atoms with Crippen LogP contribution >= 0.6 is 42.0 Å². The van der Waals surface area contributed by atoms with Crippen LogP contribution in [0.4, 0.5) is 0 Å². The van der Waals surface area contributed by atoms with Crippen LogP contribution in [0.1, 0.15) is 45.7 Å². The Morgan fingerprint density at radius 3 is 1.12 bits per heavy atom. The molecule has 7 aromatic rings. The maximum Gasteiger partial charge on any atom is 0.0607 e. The Morgan fingerprint density at radius 1 is 0.453 bits per heavy atom. The minimum atomic E-state index is -0.553.